The van der Waals surface area contributed by atoms with Crippen LogP contribution in [0.25, 0.3) is 22.8 Å². The summed E-state index contributed by atoms with van der Waals surface area (Å²) in [6.07, 6.45) is 3.49. The van der Waals surface area contributed by atoms with Gasteiger partial charge in [-0.15, -0.1) is 0 Å². The first kappa shape index (κ1) is 20.8. The lowest BCUT2D eigenvalue weighted by Gasteiger charge is -2.30. The Bertz CT molecular complexity index is 1240. The number of methoxy groups -OCH3 is 1. The molecule has 0 spiro atoms. The van der Waals surface area contributed by atoms with Gasteiger partial charge in [0.25, 0.3) is 0 Å². The number of nitrogens with two attached hydrogens (primary N) is 1. The maximum atomic E-state index is 6.37. The van der Waals surface area contributed by atoms with E-state index in [1.807, 2.05) is 48.5 Å². The van der Waals surface area contributed by atoms with Crippen LogP contribution in [0, 0.1) is 0 Å². The number of anilines is 4. The second kappa shape index (κ2) is 9.17. The smallest absolute Gasteiger partial charge is 0.227 e. The highest BCUT2D eigenvalue weighted by Gasteiger charge is 2.18. The van der Waals surface area contributed by atoms with Crippen LogP contribution in [0.3, 0.4) is 0 Å². The summed E-state index contributed by atoms with van der Waals surface area (Å²) in [6.45, 7) is 2.95. The number of hydrogen-bond acceptors (Lipinski definition) is 8. The molecule has 0 saturated carbocycles. The molecule has 0 atom stereocenters. The van der Waals surface area contributed by atoms with Gasteiger partial charge in [0.1, 0.15) is 11.4 Å². The van der Waals surface area contributed by atoms with Gasteiger partial charge in [0.15, 0.2) is 5.82 Å². The van der Waals surface area contributed by atoms with Gasteiger partial charge in [-0.25, -0.2) is 15.0 Å². The van der Waals surface area contributed by atoms with E-state index in [1.165, 1.54) is 0 Å². The number of nitrogen functional groups attached to an aromatic ring is 1. The third-order valence-electron chi connectivity index (χ3n) is 5.51. The van der Waals surface area contributed by atoms with E-state index in [0.29, 0.717) is 47.8 Å². The summed E-state index contributed by atoms with van der Waals surface area (Å²) in [5.41, 5.74) is 11.3. The van der Waals surface area contributed by atoms with E-state index < -0.39 is 0 Å². The zero-order valence-corrected chi connectivity index (χ0v) is 18.3. The Balaban J connectivity index is 1.40. The largest absolute Gasteiger partial charge is 0.494 e. The van der Waals surface area contributed by atoms with Gasteiger partial charge in [-0.3, -0.25) is 0 Å². The number of hydrogen-bond donors (Lipinski definition) is 3. The predicted molar refractivity (Wildman–Crippen MR) is 129 cm³/mol. The summed E-state index contributed by atoms with van der Waals surface area (Å²) in [7, 11) is 1.63. The van der Waals surface area contributed by atoms with Gasteiger partial charge < -0.3 is 30.4 Å². The third kappa shape index (κ3) is 4.44. The molecule has 4 aromatic rings. The number of nitrogens with zero attached hydrogens (tertiary/aromatic N) is 4. The lowest BCUT2D eigenvalue weighted by molar-refractivity contribution is 0.123. The Labute approximate surface area is 191 Å². The van der Waals surface area contributed by atoms with Crippen molar-refractivity contribution in [3.8, 4) is 28.5 Å². The molecule has 1 fully saturated rings. The fraction of sp³-hybridized carbons (Fsp3) is 0.208. The summed E-state index contributed by atoms with van der Waals surface area (Å²) in [6, 6.07) is 15.6. The van der Waals surface area contributed by atoms with Crippen molar-refractivity contribution in [2.75, 3.05) is 49.4 Å². The lowest BCUT2D eigenvalue weighted by atomic mass is 10.2. The topological polar surface area (TPSA) is 114 Å². The second-order valence-corrected chi connectivity index (χ2v) is 7.61. The molecule has 3 heterocycles. The SMILES string of the molecule is COc1cc(N2CCOCC2)c(N)cc1Nc1nccc(-c2ncc(-c3ccccc3)[nH]2)n1. The fourth-order valence-corrected chi connectivity index (χ4v) is 3.82. The third-order valence-corrected chi connectivity index (χ3v) is 5.51. The van der Waals surface area contributed by atoms with E-state index in [1.54, 1.807) is 19.5 Å². The highest BCUT2D eigenvalue weighted by molar-refractivity contribution is 5.79. The molecule has 2 aromatic heterocycles. The molecule has 0 unspecified atom stereocenters. The molecule has 1 saturated heterocycles. The molecule has 1 aliphatic heterocycles. The summed E-state index contributed by atoms with van der Waals surface area (Å²) in [5.74, 6) is 1.74. The van der Waals surface area contributed by atoms with Crippen LogP contribution >= 0.6 is 0 Å². The van der Waals surface area contributed by atoms with Gasteiger partial charge in [-0.2, -0.15) is 0 Å². The molecular weight excluding hydrogens is 418 g/mol. The molecule has 9 nitrogen and oxygen atoms in total. The molecule has 9 heteroatoms. The minimum Gasteiger partial charge on any atom is -0.494 e. The first-order valence-electron chi connectivity index (χ1n) is 10.7. The Hall–Kier alpha value is -4.11. The minimum absolute atomic E-state index is 0.419. The standard InChI is InChI=1S/C24H25N7O2/c1-32-22-14-21(31-9-11-33-12-10-31)17(25)13-19(22)30-24-26-8-7-18(29-24)23-27-15-20(28-23)16-5-3-2-4-6-16/h2-8,13-15H,9-12,25H2,1H3,(H,27,28)(H,26,29,30). The van der Waals surface area contributed by atoms with Gasteiger partial charge in [-0.05, 0) is 17.7 Å². The Kier molecular flexibility index (Phi) is 5.77. The second-order valence-electron chi connectivity index (χ2n) is 7.61. The minimum atomic E-state index is 0.419. The molecule has 2 aromatic carbocycles. The normalized spacial score (nSPS) is 13.7. The van der Waals surface area contributed by atoms with E-state index in [4.69, 9.17) is 15.2 Å². The van der Waals surface area contributed by atoms with Crippen molar-refractivity contribution in [2.24, 2.45) is 0 Å². The molecule has 0 bridgehead atoms. The van der Waals surface area contributed by atoms with Crippen LogP contribution in [-0.2, 0) is 4.74 Å². The first-order valence-corrected chi connectivity index (χ1v) is 10.7. The Morgan fingerprint density at radius 3 is 2.70 bits per heavy atom. The van der Waals surface area contributed by atoms with Gasteiger partial charge in [0.2, 0.25) is 5.95 Å². The van der Waals surface area contributed by atoms with Gasteiger partial charge in [0.05, 0.1) is 49.3 Å². The number of aromatic amines is 1. The van der Waals surface area contributed by atoms with Gasteiger partial charge in [-0.1, -0.05) is 30.3 Å². The zero-order valence-electron chi connectivity index (χ0n) is 18.3. The van der Waals surface area contributed by atoms with Crippen LogP contribution in [-0.4, -0.2) is 53.3 Å². The molecule has 0 radical (unpaired) electrons. The Morgan fingerprint density at radius 2 is 1.91 bits per heavy atom. The van der Waals surface area contributed by atoms with Crippen molar-refractivity contribution >= 4 is 23.0 Å². The van der Waals surface area contributed by atoms with Gasteiger partial charge >= 0.3 is 0 Å². The monoisotopic (exact) mass is 443 g/mol. The van der Waals surface area contributed by atoms with Crippen molar-refractivity contribution in [1.29, 1.82) is 0 Å². The number of nitrogens with one attached hydrogen (secondary N) is 2. The van der Waals surface area contributed by atoms with Crippen LogP contribution in [0.1, 0.15) is 0 Å². The average Bonchev–Trinajstić information content (AvgIpc) is 3.36. The molecule has 1 aliphatic rings. The molecule has 4 N–H and O–H groups in total. The molecule has 168 valence electrons. The van der Waals surface area contributed by atoms with E-state index in [9.17, 15) is 0 Å². The zero-order chi connectivity index (χ0) is 22.6. The van der Waals surface area contributed by atoms with E-state index in [-0.39, 0.29) is 0 Å². The molecule has 0 amide bonds. The molecule has 33 heavy (non-hydrogen) atoms. The number of ether oxygens (including phenoxy) is 2. The number of H-pyrrole nitrogens is 1. The number of morpholine rings is 1. The first-order chi connectivity index (χ1) is 16.2. The fourth-order valence-electron chi connectivity index (χ4n) is 3.82. The summed E-state index contributed by atoms with van der Waals surface area (Å²) in [4.78, 5) is 19.0. The van der Waals surface area contributed by atoms with Crippen molar-refractivity contribution in [1.82, 2.24) is 19.9 Å². The van der Waals surface area contributed by atoms with Crippen LogP contribution < -0.4 is 20.7 Å². The van der Waals surface area contributed by atoms with Crippen LogP contribution in [0.15, 0.2) is 60.9 Å². The van der Waals surface area contributed by atoms with Crippen LogP contribution in [0.5, 0.6) is 5.75 Å². The highest BCUT2D eigenvalue weighted by Crippen LogP contribution is 2.37. The van der Waals surface area contributed by atoms with Crippen molar-refractivity contribution in [3.63, 3.8) is 0 Å². The van der Waals surface area contributed by atoms with E-state index >= 15 is 0 Å². The maximum Gasteiger partial charge on any atom is 0.227 e. The number of imidazole rings is 1. The van der Waals surface area contributed by atoms with Crippen LogP contribution in [0.4, 0.5) is 23.0 Å². The molecule has 0 aliphatic carbocycles. The molecule has 5 rings (SSSR count). The van der Waals surface area contributed by atoms with E-state index in [2.05, 4.69) is 30.2 Å². The summed E-state index contributed by atoms with van der Waals surface area (Å²) < 4.78 is 11.1. The predicted octanol–water partition coefficient (Wildman–Crippen LogP) is 3.70. The highest BCUT2D eigenvalue weighted by atomic mass is 16.5. The lowest BCUT2D eigenvalue weighted by Crippen LogP contribution is -2.36. The number of rotatable bonds is 6. The Morgan fingerprint density at radius 1 is 1.09 bits per heavy atom. The van der Waals surface area contributed by atoms with Crippen molar-refractivity contribution in [2.45, 2.75) is 0 Å². The number of benzene rings is 2. The maximum absolute atomic E-state index is 6.37. The van der Waals surface area contributed by atoms with E-state index in [0.717, 1.165) is 30.0 Å². The van der Waals surface area contributed by atoms with Crippen molar-refractivity contribution < 1.29 is 9.47 Å². The van der Waals surface area contributed by atoms with Gasteiger partial charge in [0, 0.05) is 25.4 Å². The quantitative estimate of drug-likeness (QED) is 0.387. The molecular formula is C24H25N7O2. The van der Waals surface area contributed by atoms with Crippen LogP contribution in [0.2, 0.25) is 0 Å². The summed E-state index contributed by atoms with van der Waals surface area (Å²) in [5, 5.41) is 3.23. The van der Waals surface area contributed by atoms with Crippen molar-refractivity contribution in [3.05, 3.63) is 60.9 Å². The number of aromatic nitrogens is 4. The average molecular weight is 444 g/mol. The summed E-state index contributed by atoms with van der Waals surface area (Å²) >= 11 is 0.